The van der Waals surface area contributed by atoms with Gasteiger partial charge in [0.15, 0.2) is 21.4 Å². The molecule has 158 valence electrons. The summed E-state index contributed by atoms with van der Waals surface area (Å²) in [6.45, 7) is 9.37. The van der Waals surface area contributed by atoms with Gasteiger partial charge in [0.2, 0.25) is 0 Å². The van der Waals surface area contributed by atoms with E-state index in [2.05, 4.69) is 0 Å². The quantitative estimate of drug-likeness (QED) is 0.763. The summed E-state index contributed by atoms with van der Waals surface area (Å²) in [4.78, 5) is 0.250. The molecule has 0 spiro atoms. The Hall–Kier alpha value is -1.03. The van der Waals surface area contributed by atoms with Crippen LogP contribution in [0.2, 0.25) is 0 Å². The largest absolute Gasteiger partial charge is 0.390 e. The molecule has 4 atom stereocenters. The summed E-state index contributed by atoms with van der Waals surface area (Å²) in [5.74, 6) is -1.81. The highest BCUT2D eigenvalue weighted by molar-refractivity contribution is 7.91. The first-order valence-corrected chi connectivity index (χ1v) is 11.2. The zero-order valence-electron chi connectivity index (χ0n) is 17.0. The summed E-state index contributed by atoms with van der Waals surface area (Å²) >= 11 is 0. The van der Waals surface area contributed by atoms with Crippen molar-refractivity contribution < 1.29 is 32.5 Å². The Morgan fingerprint density at radius 3 is 2.29 bits per heavy atom. The number of aryl methyl sites for hydroxylation is 1. The van der Waals surface area contributed by atoms with E-state index in [-0.39, 0.29) is 17.1 Å². The predicted molar refractivity (Wildman–Crippen MR) is 103 cm³/mol. The average molecular weight is 415 g/mol. The smallest absolute Gasteiger partial charge is 0.178 e. The van der Waals surface area contributed by atoms with Crippen molar-refractivity contribution >= 4 is 9.84 Å². The van der Waals surface area contributed by atoms with Gasteiger partial charge < -0.3 is 24.1 Å². The summed E-state index contributed by atoms with van der Waals surface area (Å²) in [6, 6.07) is 6.69. The maximum Gasteiger partial charge on any atom is 0.178 e. The molecule has 2 aliphatic heterocycles. The van der Waals surface area contributed by atoms with Crippen LogP contribution in [0.3, 0.4) is 0 Å². The van der Waals surface area contributed by atoms with Crippen LogP contribution in [-0.2, 0) is 28.8 Å². The third-order valence-electron chi connectivity index (χ3n) is 5.00. The van der Waals surface area contributed by atoms with E-state index >= 15 is 0 Å². The van der Waals surface area contributed by atoms with E-state index in [9.17, 15) is 13.5 Å². The monoisotopic (exact) mass is 414 g/mol. The van der Waals surface area contributed by atoms with Gasteiger partial charge in [0.1, 0.15) is 18.3 Å². The summed E-state index contributed by atoms with van der Waals surface area (Å²) in [6.07, 6.45) is -2.63. The van der Waals surface area contributed by atoms with E-state index in [0.717, 1.165) is 5.56 Å². The van der Waals surface area contributed by atoms with Gasteiger partial charge in [0.25, 0.3) is 0 Å². The van der Waals surface area contributed by atoms with Crippen LogP contribution in [0.5, 0.6) is 0 Å². The lowest BCUT2D eigenvalue weighted by Crippen LogP contribution is -2.44. The molecule has 2 unspecified atom stereocenters. The minimum atomic E-state index is -3.50. The maximum atomic E-state index is 12.6. The topological polar surface area (TPSA) is 91.3 Å². The van der Waals surface area contributed by atoms with Crippen molar-refractivity contribution in [1.29, 1.82) is 0 Å². The van der Waals surface area contributed by atoms with Crippen LogP contribution in [0.1, 0.15) is 39.7 Å². The number of sulfone groups is 1. The molecule has 3 rings (SSSR count). The Balaban J connectivity index is 1.68. The Labute approximate surface area is 166 Å². The highest BCUT2D eigenvalue weighted by atomic mass is 32.2. The molecule has 0 aromatic heterocycles. The van der Waals surface area contributed by atoms with E-state index < -0.39 is 45.8 Å². The molecule has 1 aromatic carbocycles. The van der Waals surface area contributed by atoms with Crippen LogP contribution in [0, 0.1) is 6.92 Å². The van der Waals surface area contributed by atoms with Crippen molar-refractivity contribution in [2.24, 2.45) is 0 Å². The fourth-order valence-corrected chi connectivity index (χ4v) is 4.92. The fourth-order valence-electron chi connectivity index (χ4n) is 3.58. The molecule has 2 fully saturated rings. The molecule has 2 aliphatic rings. The Morgan fingerprint density at radius 1 is 1.07 bits per heavy atom. The fraction of sp³-hybridized carbons (Fsp3) is 0.700. The molecule has 0 radical (unpaired) electrons. The van der Waals surface area contributed by atoms with Gasteiger partial charge in [-0.1, -0.05) is 17.7 Å². The van der Waals surface area contributed by atoms with Gasteiger partial charge in [0, 0.05) is 0 Å². The molecule has 7 nitrogen and oxygen atoms in total. The molecule has 28 heavy (non-hydrogen) atoms. The van der Waals surface area contributed by atoms with Gasteiger partial charge in [-0.25, -0.2) is 8.42 Å². The molecule has 8 heteroatoms. The first kappa shape index (κ1) is 21.7. The SMILES string of the molecule is Cc1ccc(S(=O)(=O)CC[C@@H](O)C2OC(C)(C)O[C@@H]2C2COC(C)(C)O2)cc1. The molecular weight excluding hydrogens is 384 g/mol. The normalized spacial score (nSPS) is 30.4. The van der Waals surface area contributed by atoms with Gasteiger partial charge in [-0.2, -0.15) is 0 Å². The predicted octanol–water partition coefficient (Wildman–Crippen LogP) is 2.19. The third-order valence-corrected chi connectivity index (χ3v) is 6.77. The first-order chi connectivity index (χ1) is 12.9. The maximum absolute atomic E-state index is 12.6. The highest BCUT2D eigenvalue weighted by Crippen LogP contribution is 2.37. The zero-order chi connectivity index (χ0) is 20.7. The molecule has 1 aromatic rings. The van der Waals surface area contributed by atoms with Crippen molar-refractivity contribution in [3.05, 3.63) is 29.8 Å². The second kappa shape index (κ2) is 7.66. The molecule has 1 N–H and O–H groups in total. The summed E-state index contributed by atoms with van der Waals surface area (Å²) in [5.41, 5.74) is 0.988. The highest BCUT2D eigenvalue weighted by Gasteiger charge is 2.51. The lowest BCUT2D eigenvalue weighted by molar-refractivity contribution is -0.175. The second-order valence-electron chi connectivity index (χ2n) is 8.42. The summed E-state index contributed by atoms with van der Waals surface area (Å²) in [5, 5.41) is 10.7. The number of aliphatic hydroxyl groups is 1. The van der Waals surface area contributed by atoms with E-state index in [4.69, 9.17) is 18.9 Å². The summed E-state index contributed by atoms with van der Waals surface area (Å²) < 4.78 is 48.5. The van der Waals surface area contributed by atoms with Gasteiger partial charge in [-0.3, -0.25) is 0 Å². The van der Waals surface area contributed by atoms with Crippen molar-refractivity contribution in [2.45, 2.75) is 81.9 Å². The first-order valence-electron chi connectivity index (χ1n) is 9.53. The number of rotatable bonds is 6. The van der Waals surface area contributed by atoms with Gasteiger partial charge >= 0.3 is 0 Å². The molecule has 2 heterocycles. The van der Waals surface area contributed by atoms with Gasteiger partial charge in [0.05, 0.1) is 23.4 Å². The van der Waals surface area contributed by atoms with Crippen LogP contribution < -0.4 is 0 Å². The van der Waals surface area contributed by atoms with Crippen molar-refractivity contribution in [3.8, 4) is 0 Å². The molecule has 0 aliphatic carbocycles. The minimum Gasteiger partial charge on any atom is -0.390 e. The molecule has 0 saturated carbocycles. The number of ether oxygens (including phenoxy) is 4. The van der Waals surface area contributed by atoms with E-state index in [1.165, 1.54) is 0 Å². The van der Waals surface area contributed by atoms with E-state index in [1.807, 2.05) is 20.8 Å². The summed E-state index contributed by atoms with van der Waals surface area (Å²) in [7, 11) is -3.50. The van der Waals surface area contributed by atoms with Crippen LogP contribution in [0.15, 0.2) is 29.2 Å². The minimum absolute atomic E-state index is 0.0355. The number of aliphatic hydroxyl groups excluding tert-OH is 1. The lowest BCUT2D eigenvalue weighted by Gasteiger charge is -2.26. The van der Waals surface area contributed by atoms with Gasteiger partial charge in [-0.05, 0) is 53.2 Å². The number of hydrogen-bond donors (Lipinski definition) is 1. The van der Waals surface area contributed by atoms with Gasteiger partial charge in [-0.15, -0.1) is 0 Å². The Morgan fingerprint density at radius 2 is 1.71 bits per heavy atom. The Bertz CT molecular complexity index is 785. The van der Waals surface area contributed by atoms with Crippen LogP contribution >= 0.6 is 0 Å². The average Bonchev–Trinajstić information content (AvgIpc) is 3.12. The van der Waals surface area contributed by atoms with Crippen LogP contribution in [-0.4, -0.2) is 61.9 Å². The number of hydrogen-bond acceptors (Lipinski definition) is 7. The van der Waals surface area contributed by atoms with E-state index in [1.54, 1.807) is 38.1 Å². The van der Waals surface area contributed by atoms with Crippen molar-refractivity contribution in [1.82, 2.24) is 0 Å². The third kappa shape index (κ3) is 4.93. The standard InChI is InChI=1S/C20H30O7S/c1-13-6-8-14(9-7-13)28(22,23)11-10-15(21)17-18(27-20(4,5)26-17)16-12-24-19(2,3)25-16/h6-9,15-18,21H,10-12H2,1-5H3/t15-,16?,17?,18-/m1/s1. The zero-order valence-corrected chi connectivity index (χ0v) is 17.9. The second-order valence-corrected chi connectivity index (χ2v) is 10.5. The lowest BCUT2D eigenvalue weighted by atomic mass is 10.0. The number of benzene rings is 1. The molecule has 0 bridgehead atoms. The molecule has 0 amide bonds. The van der Waals surface area contributed by atoms with Crippen molar-refractivity contribution in [3.63, 3.8) is 0 Å². The molecular formula is C20H30O7S. The van der Waals surface area contributed by atoms with Crippen molar-refractivity contribution in [2.75, 3.05) is 12.4 Å². The Kier molecular flexibility index (Phi) is 5.93. The van der Waals surface area contributed by atoms with Crippen LogP contribution in [0.4, 0.5) is 0 Å². The van der Waals surface area contributed by atoms with Crippen LogP contribution in [0.25, 0.3) is 0 Å². The van der Waals surface area contributed by atoms with E-state index in [0.29, 0.717) is 6.61 Å². The molecule has 2 saturated heterocycles.